The molecular formula is C12H12N2O2S. The van der Waals surface area contributed by atoms with Gasteiger partial charge in [0.1, 0.15) is 5.78 Å². The summed E-state index contributed by atoms with van der Waals surface area (Å²) in [5.41, 5.74) is 0.544. The summed E-state index contributed by atoms with van der Waals surface area (Å²) in [7, 11) is 0. The van der Waals surface area contributed by atoms with E-state index in [4.69, 9.17) is 0 Å². The molecule has 2 rings (SSSR count). The molecule has 1 heterocycles. The van der Waals surface area contributed by atoms with Crippen LogP contribution in [0.2, 0.25) is 0 Å². The van der Waals surface area contributed by atoms with Gasteiger partial charge >= 0.3 is 0 Å². The van der Waals surface area contributed by atoms with Crippen LogP contribution in [0.15, 0.2) is 34.2 Å². The second kappa shape index (κ2) is 5.14. The number of Topliss-reactive ketones (excluding diaryl/α,β-unsaturated/α-hetero) is 1. The van der Waals surface area contributed by atoms with Crippen LogP contribution in [0.3, 0.4) is 0 Å². The average Bonchev–Trinajstić information content (AvgIpc) is 2.28. The Balaban J connectivity index is 2.25. The van der Waals surface area contributed by atoms with Crippen molar-refractivity contribution in [2.75, 3.05) is 5.75 Å². The number of thioether (sulfide) groups is 1. The summed E-state index contributed by atoms with van der Waals surface area (Å²) < 4.78 is 0. The van der Waals surface area contributed by atoms with E-state index < -0.39 is 0 Å². The van der Waals surface area contributed by atoms with Crippen LogP contribution in [0, 0.1) is 0 Å². The molecule has 1 N–H and O–H groups in total. The highest BCUT2D eigenvalue weighted by atomic mass is 32.2. The Morgan fingerprint density at radius 3 is 2.94 bits per heavy atom. The van der Waals surface area contributed by atoms with Gasteiger partial charge in [-0.05, 0) is 19.1 Å². The first kappa shape index (κ1) is 11.9. The number of aromatic nitrogens is 2. The molecule has 0 aliphatic heterocycles. The van der Waals surface area contributed by atoms with Gasteiger partial charge in [-0.25, -0.2) is 4.98 Å². The number of carbonyl (C=O) groups excluding carboxylic acids is 1. The van der Waals surface area contributed by atoms with Crippen molar-refractivity contribution >= 4 is 28.4 Å². The molecule has 1 aromatic heterocycles. The number of hydrogen-bond acceptors (Lipinski definition) is 4. The van der Waals surface area contributed by atoms with E-state index in [0.29, 0.717) is 28.2 Å². The standard InChI is InChI=1S/C12H12N2O2S/c1-8(15)6-7-17-12-13-10-5-3-2-4-9(10)11(16)14-12/h2-5H,6-7H2,1H3,(H,13,14,16). The summed E-state index contributed by atoms with van der Waals surface area (Å²) in [6, 6.07) is 7.20. The largest absolute Gasteiger partial charge is 0.301 e. The Hall–Kier alpha value is -1.62. The molecule has 0 aliphatic rings. The minimum Gasteiger partial charge on any atom is -0.301 e. The van der Waals surface area contributed by atoms with Gasteiger partial charge in [0, 0.05) is 12.2 Å². The highest BCUT2D eigenvalue weighted by Crippen LogP contribution is 2.15. The van der Waals surface area contributed by atoms with Gasteiger partial charge in [-0.15, -0.1) is 0 Å². The maximum Gasteiger partial charge on any atom is 0.259 e. The van der Waals surface area contributed by atoms with Gasteiger partial charge in [-0.2, -0.15) is 0 Å². The fourth-order valence-electron chi connectivity index (χ4n) is 1.42. The van der Waals surface area contributed by atoms with Crippen LogP contribution < -0.4 is 5.56 Å². The lowest BCUT2D eigenvalue weighted by atomic mass is 10.2. The first-order valence-electron chi connectivity index (χ1n) is 5.28. The predicted molar refractivity (Wildman–Crippen MR) is 68.4 cm³/mol. The molecule has 1 aromatic carbocycles. The van der Waals surface area contributed by atoms with Crippen molar-refractivity contribution in [2.45, 2.75) is 18.5 Å². The molecule has 0 bridgehead atoms. The fraction of sp³-hybridized carbons (Fsp3) is 0.250. The highest BCUT2D eigenvalue weighted by molar-refractivity contribution is 7.99. The van der Waals surface area contributed by atoms with E-state index in [-0.39, 0.29) is 11.3 Å². The van der Waals surface area contributed by atoms with Gasteiger partial charge in [0.2, 0.25) is 0 Å². The van der Waals surface area contributed by atoms with Crippen molar-refractivity contribution in [3.63, 3.8) is 0 Å². The van der Waals surface area contributed by atoms with Crippen LogP contribution in [0.25, 0.3) is 10.9 Å². The monoisotopic (exact) mass is 248 g/mol. The molecule has 0 radical (unpaired) electrons. The second-order valence-electron chi connectivity index (χ2n) is 3.69. The Bertz CT molecular complexity index is 607. The number of rotatable bonds is 4. The smallest absolute Gasteiger partial charge is 0.259 e. The van der Waals surface area contributed by atoms with E-state index in [2.05, 4.69) is 9.97 Å². The van der Waals surface area contributed by atoms with Crippen molar-refractivity contribution in [1.29, 1.82) is 0 Å². The van der Waals surface area contributed by atoms with Gasteiger partial charge in [0.15, 0.2) is 5.16 Å². The summed E-state index contributed by atoms with van der Waals surface area (Å²) >= 11 is 1.39. The minimum absolute atomic E-state index is 0.138. The predicted octanol–water partition coefficient (Wildman–Crippen LogP) is 1.99. The van der Waals surface area contributed by atoms with E-state index in [1.807, 2.05) is 12.1 Å². The fourth-order valence-corrected chi connectivity index (χ4v) is 2.34. The summed E-state index contributed by atoms with van der Waals surface area (Å²) in [5.74, 6) is 0.775. The molecule has 0 fully saturated rings. The number of hydrogen-bond donors (Lipinski definition) is 1. The molecule has 0 aliphatic carbocycles. The zero-order valence-electron chi connectivity index (χ0n) is 9.40. The van der Waals surface area contributed by atoms with Gasteiger partial charge in [-0.1, -0.05) is 23.9 Å². The van der Waals surface area contributed by atoms with E-state index in [1.54, 1.807) is 19.1 Å². The lowest BCUT2D eigenvalue weighted by Crippen LogP contribution is -2.09. The number of nitrogens with zero attached hydrogens (tertiary/aromatic N) is 1. The molecule has 0 spiro atoms. The average molecular weight is 248 g/mol. The molecule has 88 valence electrons. The van der Waals surface area contributed by atoms with E-state index >= 15 is 0 Å². The van der Waals surface area contributed by atoms with Crippen molar-refractivity contribution in [3.05, 3.63) is 34.6 Å². The zero-order valence-corrected chi connectivity index (χ0v) is 10.2. The summed E-state index contributed by atoms with van der Waals surface area (Å²) in [6.07, 6.45) is 0.487. The maximum absolute atomic E-state index is 11.7. The van der Waals surface area contributed by atoms with E-state index in [9.17, 15) is 9.59 Å². The number of carbonyl (C=O) groups is 1. The van der Waals surface area contributed by atoms with Gasteiger partial charge in [-0.3, -0.25) is 9.59 Å². The quantitative estimate of drug-likeness (QED) is 0.664. The van der Waals surface area contributed by atoms with Crippen LogP contribution >= 0.6 is 11.8 Å². The molecule has 0 amide bonds. The molecule has 4 nitrogen and oxygen atoms in total. The zero-order chi connectivity index (χ0) is 12.3. The second-order valence-corrected chi connectivity index (χ2v) is 4.77. The number of fused-ring (bicyclic) bond motifs is 1. The Morgan fingerprint density at radius 1 is 1.41 bits per heavy atom. The van der Waals surface area contributed by atoms with Crippen LogP contribution in [-0.2, 0) is 4.79 Å². The molecule has 17 heavy (non-hydrogen) atoms. The highest BCUT2D eigenvalue weighted by Gasteiger charge is 2.03. The third kappa shape index (κ3) is 2.94. The first-order valence-corrected chi connectivity index (χ1v) is 6.26. The number of H-pyrrole nitrogens is 1. The van der Waals surface area contributed by atoms with E-state index in [1.165, 1.54) is 11.8 Å². The van der Waals surface area contributed by atoms with E-state index in [0.717, 1.165) is 0 Å². The van der Waals surface area contributed by atoms with Crippen molar-refractivity contribution in [1.82, 2.24) is 9.97 Å². The molecule has 0 saturated heterocycles. The maximum atomic E-state index is 11.7. The Labute approximate surface area is 102 Å². The van der Waals surface area contributed by atoms with Crippen LogP contribution in [0.1, 0.15) is 13.3 Å². The van der Waals surface area contributed by atoms with Gasteiger partial charge in [0.25, 0.3) is 5.56 Å². The lowest BCUT2D eigenvalue weighted by Gasteiger charge is -2.01. The normalized spacial score (nSPS) is 10.6. The lowest BCUT2D eigenvalue weighted by molar-refractivity contribution is -0.116. The summed E-state index contributed by atoms with van der Waals surface area (Å²) in [6.45, 7) is 1.55. The molecule has 2 aromatic rings. The van der Waals surface area contributed by atoms with Crippen LogP contribution in [0.5, 0.6) is 0 Å². The van der Waals surface area contributed by atoms with Crippen molar-refractivity contribution in [2.24, 2.45) is 0 Å². The van der Waals surface area contributed by atoms with Crippen LogP contribution in [0.4, 0.5) is 0 Å². The topological polar surface area (TPSA) is 62.8 Å². The van der Waals surface area contributed by atoms with Gasteiger partial charge < -0.3 is 4.98 Å². The number of benzene rings is 1. The van der Waals surface area contributed by atoms with Crippen molar-refractivity contribution < 1.29 is 4.79 Å². The molecule has 0 unspecified atom stereocenters. The SMILES string of the molecule is CC(=O)CCSc1nc2ccccc2c(=O)[nH]1. The number of ketones is 1. The number of nitrogens with one attached hydrogen (secondary N) is 1. The molecular weight excluding hydrogens is 236 g/mol. The van der Waals surface area contributed by atoms with Gasteiger partial charge in [0.05, 0.1) is 10.9 Å². The number of aromatic amines is 1. The molecule has 0 atom stereocenters. The first-order chi connectivity index (χ1) is 8.16. The number of para-hydroxylation sites is 1. The summed E-state index contributed by atoms with van der Waals surface area (Å²) in [5, 5.41) is 1.15. The third-order valence-corrected chi connectivity index (χ3v) is 3.16. The minimum atomic E-state index is -0.138. The van der Waals surface area contributed by atoms with Crippen LogP contribution in [-0.4, -0.2) is 21.5 Å². The Morgan fingerprint density at radius 2 is 2.18 bits per heavy atom. The summed E-state index contributed by atoms with van der Waals surface area (Å²) in [4.78, 5) is 29.6. The van der Waals surface area contributed by atoms with Crippen molar-refractivity contribution in [3.8, 4) is 0 Å². The Kier molecular flexibility index (Phi) is 3.58. The molecule has 0 saturated carbocycles. The third-order valence-electron chi connectivity index (χ3n) is 2.28. The molecule has 5 heteroatoms.